The summed E-state index contributed by atoms with van der Waals surface area (Å²) in [6, 6.07) is 2.82. The predicted octanol–water partition coefficient (Wildman–Crippen LogP) is 1.30. The highest BCUT2D eigenvalue weighted by atomic mass is 16.2. The number of aromatic nitrogens is 2. The molecule has 1 fully saturated rings. The summed E-state index contributed by atoms with van der Waals surface area (Å²) in [6.07, 6.45) is 8.05. The van der Waals surface area contributed by atoms with Crippen molar-refractivity contribution in [2.45, 2.75) is 77.0 Å². The summed E-state index contributed by atoms with van der Waals surface area (Å²) >= 11 is 0. The van der Waals surface area contributed by atoms with Crippen LogP contribution in [-0.4, -0.2) is 39.1 Å². The molecule has 3 N–H and O–H groups in total. The van der Waals surface area contributed by atoms with Crippen LogP contribution >= 0.6 is 0 Å². The number of nitrogens with one attached hydrogen (secondary N) is 1. The fraction of sp³-hybridized carbons (Fsp3) is 0.722. The Morgan fingerprint density at radius 1 is 1.16 bits per heavy atom. The Morgan fingerprint density at radius 2 is 1.96 bits per heavy atom. The van der Waals surface area contributed by atoms with Gasteiger partial charge in [0.15, 0.2) is 0 Å². The Morgan fingerprint density at radius 3 is 2.72 bits per heavy atom. The predicted molar refractivity (Wildman–Crippen MR) is 94.4 cm³/mol. The molecular formula is C18H29N5O2. The van der Waals surface area contributed by atoms with E-state index in [2.05, 4.69) is 26.1 Å². The van der Waals surface area contributed by atoms with Gasteiger partial charge in [0.05, 0.1) is 17.9 Å². The number of primary amides is 1. The molecule has 7 nitrogen and oxygen atoms in total. The molecule has 0 radical (unpaired) electrons. The molecule has 1 saturated carbocycles. The van der Waals surface area contributed by atoms with E-state index >= 15 is 0 Å². The van der Waals surface area contributed by atoms with Gasteiger partial charge in [-0.3, -0.25) is 19.2 Å². The van der Waals surface area contributed by atoms with E-state index in [1.807, 2.05) is 0 Å². The van der Waals surface area contributed by atoms with E-state index in [0.29, 0.717) is 12.6 Å². The zero-order valence-corrected chi connectivity index (χ0v) is 14.9. The number of carbonyl (C=O) groups is 2. The maximum Gasteiger partial charge on any atom is 0.220 e. The number of hydrogen-bond acceptors (Lipinski definition) is 4. The van der Waals surface area contributed by atoms with Crippen LogP contribution in [0.1, 0.15) is 62.8 Å². The molecule has 0 saturated heterocycles. The van der Waals surface area contributed by atoms with E-state index < -0.39 is 5.91 Å². The van der Waals surface area contributed by atoms with E-state index in [0.717, 1.165) is 31.7 Å². The summed E-state index contributed by atoms with van der Waals surface area (Å²) in [5.41, 5.74) is 7.19. The third-order valence-electron chi connectivity index (χ3n) is 5.25. The normalized spacial score (nSPS) is 19.2. The van der Waals surface area contributed by atoms with Crippen LogP contribution in [0, 0.1) is 0 Å². The minimum atomic E-state index is -0.452. The molecule has 1 aliphatic heterocycles. The van der Waals surface area contributed by atoms with Gasteiger partial charge in [0.25, 0.3) is 0 Å². The summed E-state index contributed by atoms with van der Waals surface area (Å²) in [5, 5.41) is 7.46. The number of aryl methyl sites for hydroxylation is 1. The van der Waals surface area contributed by atoms with Crippen LogP contribution in [-0.2, 0) is 29.2 Å². The van der Waals surface area contributed by atoms with Gasteiger partial charge in [-0.1, -0.05) is 19.3 Å². The lowest BCUT2D eigenvalue weighted by Gasteiger charge is -2.33. The fourth-order valence-corrected chi connectivity index (χ4v) is 3.91. The third kappa shape index (κ3) is 5.04. The maximum absolute atomic E-state index is 11.7. The second-order valence-electron chi connectivity index (χ2n) is 7.21. The van der Waals surface area contributed by atoms with Gasteiger partial charge in [0.1, 0.15) is 0 Å². The van der Waals surface area contributed by atoms with E-state index in [1.54, 1.807) is 0 Å². The SMILES string of the molecule is NC(=O)CCC(=O)NCc1cc2n(n1)CCCN(C1CCCCC1)C2. The number of amides is 2. The van der Waals surface area contributed by atoms with Gasteiger partial charge in [-0.05, 0) is 25.3 Å². The smallest absolute Gasteiger partial charge is 0.220 e. The first-order valence-corrected chi connectivity index (χ1v) is 9.46. The second-order valence-corrected chi connectivity index (χ2v) is 7.21. The van der Waals surface area contributed by atoms with E-state index in [1.165, 1.54) is 37.8 Å². The highest BCUT2D eigenvalue weighted by Crippen LogP contribution is 2.25. The summed E-state index contributed by atoms with van der Waals surface area (Å²) in [5.74, 6) is -0.613. The average molecular weight is 347 g/mol. The highest BCUT2D eigenvalue weighted by Gasteiger charge is 2.24. The third-order valence-corrected chi connectivity index (χ3v) is 5.25. The number of rotatable bonds is 6. The highest BCUT2D eigenvalue weighted by molar-refractivity contribution is 5.82. The molecule has 0 spiro atoms. The average Bonchev–Trinajstić information content (AvgIpc) is 2.89. The number of hydrogen-bond donors (Lipinski definition) is 2. The van der Waals surface area contributed by atoms with E-state index in [-0.39, 0.29) is 18.7 Å². The van der Waals surface area contributed by atoms with Crippen LogP contribution in [0.2, 0.25) is 0 Å². The van der Waals surface area contributed by atoms with Crippen LogP contribution in [0.3, 0.4) is 0 Å². The van der Waals surface area contributed by atoms with Crippen molar-refractivity contribution in [2.24, 2.45) is 5.73 Å². The zero-order chi connectivity index (χ0) is 17.6. The molecule has 1 aromatic heterocycles. The monoisotopic (exact) mass is 347 g/mol. The first-order valence-electron chi connectivity index (χ1n) is 9.46. The van der Waals surface area contributed by atoms with Crippen LogP contribution in [0.25, 0.3) is 0 Å². The molecule has 2 aliphatic rings. The van der Waals surface area contributed by atoms with Crippen molar-refractivity contribution >= 4 is 11.8 Å². The minimum absolute atomic E-state index is 0.0852. The quantitative estimate of drug-likeness (QED) is 0.811. The lowest BCUT2D eigenvalue weighted by atomic mass is 9.94. The van der Waals surface area contributed by atoms with Crippen molar-refractivity contribution in [3.63, 3.8) is 0 Å². The Balaban J connectivity index is 1.55. The van der Waals surface area contributed by atoms with Gasteiger partial charge < -0.3 is 11.1 Å². The zero-order valence-electron chi connectivity index (χ0n) is 14.9. The number of nitrogens with zero attached hydrogens (tertiary/aromatic N) is 3. The molecule has 0 aromatic carbocycles. The molecule has 25 heavy (non-hydrogen) atoms. The number of fused-ring (bicyclic) bond motifs is 1. The molecule has 138 valence electrons. The summed E-state index contributed by atoms with van der Waals surface area (Å²) in [6.45, 7) is 3.44. The van der Waals surface area contributed by atoms with Gasteiger partial charge in [-0.25, -0.2) is 0 Å². The van der Waals surface area contributed by atoms with Crippen molar-refractivity contribution in [3.8, 4) is 0 Å². The van der Waals surface area contributed by atoms with Gasteiger partial charge in [-0.2, -0.15) is 5.10 Å². The Labute approximate surface area is 148 Å². The first-order chi connectivity index (χ1) is 12.1. The molecule has 7 heteroatoms. The number of carbonyl (C=O) groups excluding carboxylic acids is 2. The lowest BCUT2D eigenvalue weighted by molar-refractivity contribution is -0.125. The second kappa shape index (κ2) is 8.47. The van der Waals surface area contributed by atoms with Crippen LogP contribution in [0.4, 0.5) is 0 Å². The van der Waals surface area contributed by atoms with Gasteiger partial charge >= 0.3 is 0 Å². The van der Waals surface area contributed by atoms with Crippen molar-refractivity contribution in [1.29, 1.82) is 0 Å². The van der Waals surface area contributed by atoms with Crippen LogP contribution in [0.15, 0.2) is 6.07 Å². The van der Waals surface area contributed by atoms with Crippen LogP contribution < -0.4 is 11.1 Å². The topological polar surface area (TPSA) is 93.2 Å². The number of nitrogens with two attached hydrogens (primary N) is 1. The van der Waals surface area contributed by atoms with Crippen molar-refractivity contribution in [1.82, 2.24) is 20.0 Å². The van der Waals surface area contributed by atoms with E-state index in [4.69, 9.17) is 5.73 Å². The van der Waals surface area contributed by atoms with E-state index in [9.17, 15) is 9.59 Å². The van der Waals surface area contributed by atoms with Gasteiger partial charge in [0, 0.05) is 38.5 Å². The summed E-state index contributed by atoms with van der Waals surface area (Å²) in [4.78, 5) is 25.1. The maximum atomic E-state index is 11.7. The first kappa shape index (κ1) is 17.9. The van der Waals surface area contributed by atoms with Crippen molar-refractivity contribution in [3.05, 3.63) is 17.5 Å². The minimum Gasteiger partial charge on any atom is -0.370 e. The molecule has 0 bridgehead atoms. The summed E-state index contributed by atoms with van der Waals surface area (Å²) in [7, 11) is 0. The summed E-state index contributed by atoms with van der Waals surface area (Å²) < 4.78 is 2.09. The standard InChI is InChI=1S/C18H29N5O2/c19-17(24)7-8-18(25)20-12-14-11-16-13-22(9-4-10-23(16)21-14)15-5-2-1-3-6-15/h11,15H,1-10,12-13H2,(H2,19,24)(H,20,25). The van der Waals surface area contributed by atoms with Gasteiger partial charge in [-0.15, -0.1) is 0 Å². The lowest BCUT2D eigenvalue weighted by Crippen LogP contribution is -2.36. The molecule has 0 unspecified atom stereocenters. The molecule has 1 aliphatic carbocycles. The van der Waals surface area contributed by atoms with Crippen LogP contribution in [0.5, 0.6) is 0 Å². The van der Waals surface area contributed by atoms with Crippen molar-refractivity contribution in [2.75, 3.05) is 6.54 Å². The van der Waals surface area contributed by atoms with Crippen molar-refractivity contribution < 1.29 is 9.59 Å². The molecular weight excluding hydrogens is 318 g/mol. The fourth-order valence-electron chi connectivity index (χ4n) is 3.91. The Hall–Kier alpha value is -1.89. The van der Waals surface area contributed by atoms with Gasteiger partial charge in [0.2, 0.25) is 11.8 Å². The largest absolute Gasteiger partial charge is 0.370 e. The molecule has 2 heterocycles. The molecule has 0 atom stereocenters. The Bertz CT molecular complexity index is 607. The Kier molecular flexibility index (Phi) is 6.07. The molecule has 1 aromatic rings. The molecule has 3 rings (SSSR count). The molecule has 2 amide bonds.